The smallest absolute Gasteiger partial charge is 0.407 e. The van der Waals surface area contributed by atoms with E-state index in [0.29, 0.717) is 12.1 Å². The Morgan fingerprint density at radius 3 is 2.21 bits per heavy atom. The van der Waals surface area contributed by atoms with Gasteiger partial charge in [0, 0.05) is 18.0 Å². The first-order chi connectivity index (χ1) is 16.0. The Morgan fingerprint density at radius 2 is 1.55 bits per heavy atom. The molecule has 0 saturated heterocycles. The Balaban J connectivity index is 1.28. The van der Waals surface area contributed by atoms with Gasteiger partial charge in [-0.15, -0.1) is 0 Å². The van der Waals surface area contributed by atoms with Gasteiger partial charge in [-0.05, 0) is 46.4 Å². The third kappa shape index (κ3) is 5.38. The third-order valence-electron chi connectivity index (χ3n) is 5.58. The van der Waals surface area contributed by atoms with Crippen molar-refractivity contribution < 1.29 is 24.2 Å². The van der Waals surface area contributed by atoms with Crippen LogP contribution in [-0.2, 0) is 20.7 Å². The molecule has 0 spiro atoms. The van der Waals surface area contributed by atoms with Crippen molar-refractivity contribution in [2.45, 2.75) is 18.8 Å². The van der Waals surface area contributed by atoms with Gasteiger partial charge in [0.15, 0.2) is 0 Å². The summed E-state index contributed by atoms with van der Waals surface area (Å²) in [6.07, 6.45) is -0.278. The number of alkyl carbamates (subject to hydrolysis) is 1. The zero-order chi connectivity index (χ0) is 23.2. The predicted molar refractivity (Wildman–Crippen MR) is 124 cm³/mol. The van der Waals surface area contributed by atoms with E-state index >= 15 is 0 Å². The van der Waals surface area contributed by atoms with Crippen LogP contribution in [0.25, 0.3) is 11.1 Å². The molecule has 3 aromatic carbocycles. The van der Waals surface area contributed by atoms with E-state index in [0.717, 1.165) is 27.8 Å². The third-order valence-corrected chi connectivity index (χ3v) is 5.58. The zero-order valence-corrected chi connectivity index (χ0v) is 17.9. The van der Waals surface area contributed by atoms with Crippen molar-refractivity contribution in [1.29, 1.82) is 0 Å². The average molecular weight is 444 g/mol. The van der Waals surface area contributed by atoms with Crippen molar-refractivity contribution in [2.24, 2.45) is 0 Å². The molecule has 33 heavy (non-hydrogen) atoms. The highest BCUT2D eigenvalue weighted by Gasteiger charge is 2.29. The summed E-state index contributed by atoms with van der Waals surface area (Å²) >= 11 is 0. The van der Waals surface area contributed by atoms with Gasteiger partial charge in [0.1, 0.15) is 13.2 Å². The highest BCUT2D eigenvalue weighted by Crippen LogP contribution is 2.44. The molecule has 0 atom stereocenters. The summed E-state index contributed by atoms with van der Waals surface area (Å²) in [7, 11) is 0. The topological polar surface area (TPSA) is 105 Å². The number of ether oxygens (including phenoxy) is 1. The van der Waals surface area contributed by atoms with E-state index in [1.54, 1.807) is 24.3 Å². The molecule has 4 rings (SSSR count). The fraction of sp³-hybridized carbons (Fsp3) is 0.192. The van der Waals surface area contributed by atoms with Crippen LogP contribution in [-0.4, -0.2) is 36.2 Å². The maximum absolute atomic E-state index is 12.2. The first-order valence-corrected chi connectivity index (χ1v) is 10.7. The van der Waals surface area contributed by atoms with Gasteiger partial charge in [0.25, 0.3) is 0 Å². The van der Waals surface area contributed by atoms with E-state index in [4.69, 9.17) is 9.84 Å². The van der Waals surface area contributed by atoms with E-state index in [-0.39, 0.29) is 25.5 Å². The monoisotopic (exact) mass is 444 g/mol. The number of hydrogen-bond donors (Lipinski definition) is 3. The van der Waals surface area contributed by atoms with Crippen LogP contribution in [0.1, 0.15) is 29.0 Å². The fourth-order valence-electron chi connectivity index (χ4n) is 4.06. The standard InChI is InChI=1S/C26H24N2O5/c29-24(28-18-7-5-6-17(14-18)12-13-25(30)31)15-27-26(32)33-16-23-21-10-3-1-8-19(21)20-9-2-4-11-22(20)23/h1-11,14,23H,12-13,15-16H2,(H,27,32)(H,28,29)(H,30,31). The summed E-state index contributed by atoms with van der Waals surface area (Å²) in [5.74, 6) is -1.33. The molecule has 1 aliphatic carbocycles. The molecule has 2 amide bonds. The summed E-state index contributed by atoms with van der Waals surface area (Å²) in [4.78, 5) is 35.1. The molecule has 0 saturated carbocycles. The Kier molecular flexibility index (Phi) is 6.69. The molecular formula is C26H24N2O5. The van der Waals surface area contributed by atoms with Gasteiger partial charge >= 0.3 is 12.1 Å². The SMILES string of the molecule is O=C(O)CCc1cccc(NC(=O)CNC(=O)OCC2c3ccccc3-c3ccccc32)c1. The molecule has 168 valence electrons. The van der Waals surface area contributed by atoms with Gasteiger partial charge < -0.3 is 20.5 Å². The van der Waals surface area contributed by atoms with Crippen LogP contribution in [0.2, 0.25) is 0 Å². The van der Waals surface area contributed by atoms with Gasteiger partial charge in [-0.1, -0.05) is 60.7 Å². The van der Waals surface area contributed by atoms with Crippen molar-refractivity contribution in [2.75, 3.05) is 18.5 Å². The van der Waals surface area contributed by atoms with Gasteiger partial charge in [-0.2, -0.15) is 0 Å². The van der Waals surface area contributed by atoms with Crippen molar-refractivity contribution in [1.82, 2.24) is 5.32 Å². The van der Waals surface area contributed by atoms with E-state index in [9.17, 15) is 14.4 Å². The number of amides is 2. The number of hydrogen-bond acceptors (Lipinski definition) is 4. The van der Waals surface area contributed by atoms with Crippen LogP contribution in [0.15, 0.2) is 72.8 Å². The van der Waals surface area contributed by atoms with Crippen LogP contribution < -0.4 is 10.6 Å². The van der Waals surface area contributed by atoms with E-state index in [1.807, 2.05) is 36.4 Å². The number of aryl methyl sites for hydroxylation is 1. The molecule has 0 aliphatic heterocycles. The minimum absolute atomic E-state index is 0.0146. The van der Waals surface area contributed by atoms with Crippen LogP contribution in [0.4, 0.5) is 10.5 Å². The Bertz CT molecular complexity index is 1150. The van der Waals surface area contributed by atoms with Crippen LogP contribution in [0, 0.1) is 0 Å². The number of nitrogens with one attached hydrogen (secondary N) is 2. The summed E-state index contributed by atoms with van der Waals surface area (Å²) in [5.41, 5.74) is 5.87. The largest absolute Gasteiger partial charge is 0.481 e. The van der Waals surface area contributed by atoms with Crippen LogP contribution >= 0.6 is 0 Å². The van der Waals surface area contributed by atoms with Crippen LogP contribution in [0.5, 0.6) is 0 Å². The Hall–Kier alpha value is -4.13. The van der Waals surface area contributed by atoms with Crippen LogP contribution in [0.3, 0.4) is 0 Å². The fourth-order valence-corrected chi connectivity index (χ4v) is 4.06. The van der Waals surface area contributed by atoms with Gasteiger partial charge in [-0.3, -0.25) is 9.59 Å². The van der Waals surface area contributed by atoms with Crippen molar-refractivity contribution in [3.63, 3.8) is 0 Å². The molecule has 7 heteroatoms. The number of anilines is 1. The lowest BCUT2D eigenvalue weighted by atomic mass is 9.98. The Labute approximate surface area is 191 Å². The lowest BCUT2D eigenvalue weighted by Gasteiger charge is -2.14. The number of carboxylic acid groups (broad SMARTS) is 1. The molecule has 0 aromatic heterocycles. The first-order valence-electron chi connectivity index (χ1n) is 10.7. The highest BCUT2D eigenvalue weighted by molar-refractivity contribution is 5.94. The molecule has 0 radical (unpaired) electrons. The molecule has 0 fully saturated rings. The second-order valence-corrected chi connectivity index (χ2v) is 7.82. The predicted octanol–water partition coefficient (Wildman–Crippen LogP) is 4.18. The summed E-state index contributed by atoms with van der Waals surface area (Å²) in [5, 5.41) is 14.0. The minimum atomic E-state index is -0.878. The average Bonchev–Trinajstić information content (AvgIpc) is 3.14. The maximum atomic E-state index is 12.2. The van der Waals surface area contributed by atoms with Crippen molar-refractivity contribution in [3.05, 3.63) is 89.5 Å². The summed E-state index contributed by atoms with van der Waals surface area (Å²) in [6.45, 7) is -0.0663. The second-order valence-electron chi connectivity index (χ2n) is 7.82. The Morgan fingerprint density at radius 1 is 0.879 bits per heavy atom. The molecule has 1 aliphatic rings. The number of carbonyl (C=O) groups excluding carboxylic acids is 2. The van der Waals surface area contributed by atoms with Crippen molar-refractivity contribution in [3.8, 4) is 11.1 Å². The molecule has 3 aromatic rings. The minimum Gasteiger partial charge on any atom is -0.481 e. The van der Waals surface area contributed by atoms with E-state index < -0.39 is 18.0 Å². The lowest BCUT2D eigenvalue weighted by molar-refractivity contribution is -0.137. The number of rotatable bonds is 8. The molecule has 0 bridgehead atoms. The number of fused-ring (bicyclic) bond motifs is 3. The number of carbonyl (C=O) groups is 3. The molecule has 3 N–H and O–H groups in total. The maximum Gasteiger partial charge on any atom is 0.407 e. The number of aliphatic carboxylic acids is 1. The van der Waals surface area contributed by atoms with Gasteiger partial charge in [0.05, 0.1) is 0 Å². The molecular weight excluding hydrogens is 420 g/mol. The van der Waals surface area contributed by atoms with Gasteiger partial charge in [0.2, 0.25) is 5.91 Å². The van der Waals surface area contributed by atoms with Gasteiger partial charge in [-0.25, -0.2) is 4.79 Å². The molecule has 0 unspecified atom stereocenters. The quantitative estimate of drug-likeness (QED) is 0.483. The lowest BCUT2D eigenvalue weighted by Crippen LogP contribution is -2.34. The second kappa shape index (κ2) is 9.99. The normalized spacial score (nSPS) is 11.9. The molecule has 7 nitrogen and oxygen atoms in total. The number of carboxylic acids is 1. The first kappa shape index (κ1) is 22.1. The summed E-state index contributed by atoms with van der Waals surface area (Å²) < 4.78 is 5.43. The number of benzene rings is 3. The molecule has 0 heterocycles. The van der Waals surface area contributed by atoms with E-state index in [1.165, 1.54) is 0 Å². The highest BCUT2D eigenvalue weighted by atomic mass is 16.5. The van der Waals surface area contributed by atoms with E-state index in [2.05, 4.69) is 22.8 Å². The van der Waals surface area contributed by atoms with Crippen molar-refractivity contribution >= 4 is 23.7 Å². The summed E-state index contributed by atoms with van der Waals surface area (Å²) in [6, 6.07) is 23.1. The zero-order valence-electron chi connectivity index (χ0n) is 17.9.